The molecule has 3 N–H and O–H groups in total. The molecular weight excluding hydrogens is 451 g/mol. The summed E-state index contributed by atoms with van der Waals surface area (Å²) in [5.41, 5.74) is 0.730. The molecule has 0 aliphatic carbocycles. The molecule has 0 spiro atoms. The van der Waals surface area contributed by atoms with Gasteiger partial charge < -0.3 is 15.2 Å². The second kappa shape index (κ2) is 10.5. The number of rotatable bonds is 10. The number of halogens is 2. The van der Waals surface area contributed by atoms with Crippen molar-refractivity contribution in [3.63, 3.8) is 0 Å². The van der Waals surface area contributed by atoms with E-state index < -0.39 is 23.3 Å². The Kier molecular flexibility index (Phi) is 7.78. The molecule has 33 heavy (non-hydrogen) atoms. The van der Waals surface area contributed by atoms with E-state index in [1.165, 1.54) is 25.4 Å². The van der Waals surface area contributed by atoms with E-state index in [0.29, 0.717) is 22.6 Å². The summed E-state index contributed by atoms with van der Waals surface area (Å²) in [7, 11) is 1.43. The Bertz CT molecular complexity index is 1110. The van der Waals surface area contributed by atoms with Gasteiger partial charge in [0.15, 0.2) is 5.69 Å². The monoisotopic (exact) mass is 474 g/mol. The lowest BCUT2D eigenvalue weighted by Gasteiger charge is -2.29. The molecule has 1 amide bonds. The van der Waals surface area contributed by atoms with Crippen molar-refractivity contribution in [3.05, 3.63) is 70.8 Å². The van der Waals surface area contributed by atoms with Gasteiger partial charge in [-0.2, -0.15) is 15.4 Å². The maximum atomic E-state index is 14.2. The highest BCUT2D eigenvalue weighted by atomic mass is 35.5. The van der Waals surface area contributed by atoms with Gasteiger partial charge in [-0.25, -0.2) is 4.39 Å². The number of carbonyl (C=O) groups is 2. The van der Waals surface area contributed by atoms with Crippen molar-refractivity contribution in [2.75, 3.05) is 13.7 Å². The number of amides is 1. The van der Waals surface area contributed by atoms with Gasteiger partial charge in [-0.05, 0) is 49.1 Å². The fourth-order valence-corrected chi connectivity index (χ4v) is 3.81. The van der Waals surface area contributed by atoms with E-state index in [2.05, 4.69) is 20.7 Å². The van der Waals surface area contributed by atoms with Crippen molar-refractivity contribution in [1.82, 2.24) is 20.7 Å². The summed E-state index contributed by atoms with van der Waals surface area (Å²) in [4.78, 5) is 24.5. The summed E-state index contributed by atoms with van der Waals surface area (Å²) in [5.74, 6) is -1.89. The number of nitrogens with zero attached hydrogens (tertiary/aromatic N) is 2. The Morgan fingerprint density at radius 3 is 2.61 bits per heavy atom. The average Bonchev–Trinajstić information content (AvgIpc) is 3.31. The molecule has 2 atom stereocenters. The summed E-state index contributed by atoms with van der Waals surface area (Å²) in [6.45, 7) is 1.55. The van der Waals surface area contributed by atoms with Gasteiger partial charge in [0.1, 0.15) is 5.82 Å². The summed E-state index contributed by atoms with van der Waals surface area (Å²) < 4.78 is 19.3. The maximum absolute atomic E-state index is 14.2. The predicted molar refractivity (Wildman–Crippen MR) is 120 cm³/mol. The molecule has 1 heterocycles. The summed E-state index contributed by atoms with van der Waals surface area (Å²) in [5, 5.41) is 22.8. The van der Waals surface area contributed by atoms with Gasteiger partial charge in [0.2, 0.25) is 0 Å². The lowest BCUT2D eigenvalue weighted by atomic mass is 9.82. The number of carboxylic acid groups (broad SMARTS) is 1. The van der Waals surface area contributed by atoms with Gasteiger partial charge in [-0.15, -0.1) is 0 Å². The van der Waals surface area contributed by atoms with Crippen molar-refractivity contribution in [2.45, 2.75) is 25.8 Å². The fraction of sp³-hybridized carbons (Fsp3) is 0.304. The van der Waals surface area contributed by atoms with Crippen LogP contribution in [0.3, 0.4) is 0 Å². The van der Waals surface area contributed by atoms with E-state index in [0.717, 1.165) is 5.56 Å². The maximum Gasteiger partial charge on any atom is 0.311 e. The Labute approximate surface area is 195 Å². The minimum absolute atomic E-state index is 0.0222. The highest BCUT2D eigenvalue weighted by Crippen LogP contribution is 2.28. The van der Waals surface area contributed by atoms with Crippen LogP contribution < -0.4 is 5.32 Å². The molecule has 10 heteroatoms. The number of carbonyl (C=O) groups excluding carboxylic acids is 1. The van der Waals surface area contributed by atoms with Crippen LogP contribution in [0.5, 0.6) is 0 Å². The fourth-order valence-electron chi connectivity index (χ4n) is 3.64. The summed E-state index contributed by atoms with van der Waals surface area (Å²) in [6.07, 6.45) is 1.74. The molecule has 0 bridgehead atoms. The first-order valence-corrected chi connectivity index (χ1v) is 10.5. The smallest absolute Gasteiger partial charge is 0.311 e. The molecule has 0 saturated heterocycles. The van der Waals surface area contributed by atoms with Gasteiger partial charge in [0.05, 0.1) is 18.2 Å². The molecule has 174 valence electrons. The molecule has 0 aliphatic heterocycles. The van der Waals surface area contributed by atoms with E-state index in [-0.39, 0.29) is 24.5 Å². The third-order valence-corrected chi connectivity index (χ3v) is 5.57. The molecular formula is C23H24ClFN4O4. The van der Waals surface area contributed by atoms with Gasteiger partial charge in [0, 0.05) is 23.7 Å². The number of carboxylic acids is 1. The van der Waals surface area contributed by atoms with Crippen LogP contribution in [-0.2, 0) is 16.0 Å². The van der Waals surface area contributed by atoms with Gasteiger partial charge in [-0.3, -0.25) is 9.59 Å². The number of aromatic nitrogens is 3. The Hall–Kier alpha value is -3.30. The van der Waals surface area contributed by atoms with Crippen molar-refractivity contribution in [2.24, 2.45) is 5.41 Å². The first-order chi connectivity index (χ1) is 15.7. The van der Waals surface area contributed by atoms with Crippen LogP contribution >= 0.6 is 11.6 Å². The zero-order chi connectivity index (χ0) is 24.0. The Morgan fingerprint density at radius 2 is 2.00 bits per heavy atom. The normalized spacial score (nSPS) is 13.8. The highest BCUT2D eigenvalue weighted by Gasteiger charge is 2.36. The molecule has 3 aromatic rings. The largest absolute Gasteiger partial charge is 0.481 e. The number of ether oxygens (including phenoxy) is 1. The van der Waals surface area contributed by atoms with Crippen LogP contribution in [0, 0.1) is 11.2 Å². The minimum atomic E-state index is -1.22. The van der Waals surface area contributed by atoms with Crippen LogP contribution in [-0.4, -0.2) is 52.2 Å². The number of benzene rings is 2. The second-order valence-electron chi connectivity index (χ2n) is 8.05. The van der Waals surface area contributed by atoms with Crippen LogP contribution in [0.25, 0.3) is 11.1 Å². The van der Waals surface area contributed by atoms with Crippen molar-refractivity contribution in [1.29, 1.82) is 0 Å². The summed E-state index contributed by atoms with van der Waals surface area (Å²) >= 11 is 5.99. The molecule has 8 nitrogen and oxygen atoms in total. The number of aromatic amines is 1. The predicted octanol–water partition coefficient (Wildman–Crippen LogP) is 3.73. The minimum Gasteiger partial charge on any atom is -0.481 e. The topological polar surface area (TPSA) is 117 Å². The first kappa shape index (κ1) is 24.3. The van der Waals surface area contributed by atoms with Gasteiger partial charge >= 0.3 is 5.97 Å². The molecule has 0 aliphatic rings. The number of nitrogens with one attached hydrogen (secondary N) is 2. The van der Waals surface area contributed by atoms with Crippen LogP contribution in [0.2, 0.25) is 5.02 Å². The van der Waals surface area contributed by atoms with E-state index in [1.54, 1.807) is 37.3 Å². The van der Waals surface area contributed by atoms with Gasteiger partial charge in [-0.1, -0.05) is 35.9 Å². The first-order valence-electron chi connectivity index (χ1n) is 10.1. The number of hydrogen-bond donors (Lipinski definition) is 3. The quantitative estimate of drug-likeness (QED) is 0.412. The highest BCUT2D eigenvalue weighted by molar-refractivity contribution is 6.30. The molecule has 0 saturated carbocycles. The zero-order valence-corrected chi connectivity index (χ0v) is 18.9. The van der Waals surface area contributed by atoms with E-state index in [4.69, 9.17) is 16.3 Å². The summed E-state index contributed by atoms with van der Waals surface area (Å²) in [6, 6.07) is 10.9. The number of aliphatic carboxylic acids is 1. The van der Waals surface area contributed by atoms with Gasteiger partial charge in [0.25, 0.3) is 5.91 Å². The van der Waals surface area contributed by atoms with Crippen LogP contribution in [0.15, 0.2) is 48.7 Å². The number of methoxy groups -OCH3 is 1. The third-order valence-electron chi connectivity index (χ3n) is 5.33. The molecule has 3 rings (SSSR count). The molecule has 1 aromatic heterocycles. The van der Waals surface area contributed by atoms with Crippen LogP contribution in [0.4, 0.5) is 4.39 Å². The standard InChI is InChI=1S/C23H24ClFN4O4/c1-23(13-33-2,22(31)32)11-17(27-21(30)20-12-26-29-28-20)9-14-3-5-15(6-4-14)18-10-16(24)7-8-19(18)25/h3-8,10,12,17H,9,11,13H2,1-2H3,(H,27,30)(H,31,32)(H,26,28,29). The van der Waals surface area contributed by atoms with E-state index in [1.807, 2.05) is 0 Å². The number of hydrogen-bond acceptors (Lipinski definition) is 5. The van der Waals surface area contributed by atoms with E-state index in [9.17, 15) is 19.1 Å². The van der Waals surface area contributed by atoms with Crippen molar-refractivity contribution >= 4 is 23.5 Å². The van der Waals surface area contributed by atoms with Crippen molar-refractivity contribution in [3.8, 4) is 11.1 Å². The molecule has 2 unspecified atom stereocenters. The van der Waals surface area contributed by atoms with Crippen LogP contribution in [0.1, 0.15) is 29.4 Å². The number of H-pyrrole nitrogens is 1. The Morgan fingerprint density at radius 1 is 1.27 bits per heavy atom. The Balaban J connectivity index is 1.83. The SMILES string of the molecule is COCC(C)(CC(Cc1ccc(-c2cc(Cl)ccc2F)cc1)NC(=O)c1cn[nH]n1)C(=O)O. The zero-order valence-electron chi connectivity index (χ0n) is 18.1. The molecule has 0 fully saturated rings. The molecule has 0 radical (unpaired) electrons. The second-order valence-corrected chi connectivity index (χ2v) is 8.49. The average molecular weight is 475 g/mol. The van der Waals surface area contributed by atoms with E-state index >= 15 is 0 Å². The van der Waals surface area contributed by atoms with Crippen molar-refractivity contribution < 1.29 is 23.8 Å². The third kappa shape index (κ3) is 6.15. The molecule has 2 aromatic carbocycles. The lowest BCUT2D eigenvalue weighted by molar-refractivity contribution is -0.152. The lowest BCUT2D eigenvalue weighted by Crippen LogP contribution is -2.44.